The van der Waals surface area contributed by atoms with Crippen molar-refractivity contribution < 1.29 is 32.3 Å². The number of carbonyl (C=O) groups is 1. The molecule has 1 unspecified atom stereocenters. The topological polar surface area (TPSA) is 69.2 Å². The van der Waals surface area contributed by atoms with E-state index in [9.17, 15) is 18.0 Å². The molecule has 0 spiro atoms. The smallest absolute Gasteiger partial charge is 0.374 e. The highest BCUT2D eigenvalue weighted by Crippen LogP contribution is 2.49. The molecule has 1 atom stereocenters. The summed E-state index contributed by atoms with van der Waals surface area (Å²) in [4.78, 5) is 17.5. The second-order valence-corrected chi connectivity index (χ2v) is 8.30. The number of benzene rings is 2. The Hall–Kier alpha value is -2.33. The Balaban J connectivity index is 1.85. The lowest BCUT2D eigenvalue weighted by molar-refractivity contribution is -0.275. The minimum Gasteiger partial charge on any atom is -0.374 e. The molecule has 1 amide bonds. The fourth-order valence-corrected chi connectivity index (χ4v) is 4.00. The molecule has 0 bridgehead atoms. The summed E-state index contributed by atoms with van der Waals surface area (Å²) in [6, 6.07) is 8.27. The van der Waals surface area contributed by atoms with Crippen LogP contribution in [0.15, 0.2) is 41.6 Å². The number of amides is 1. The lowest BCUT2D eigenvalue weighted by Crippen LogP contribution is -2.42. The van der Waals surface area contributed by atoms with Gasteiger partial charge in [0.05, 0.1) is 12.3 Å². The van der Waals surface area contributed by atoms with E-state index in [1.54, 1.807) is 13.0 Å². The van der Waals surface area contributed by atoms with Crippen molar-refractivity contribution >= 4 is 34.8 Å². The van der Waals surface area contributed by atoms with Gasteiger partial charge >= 0.3 is 6.18 Å². The summed E-state index contributed by atoms with van der Waals surface area (Å²) in [5.41, 5.74) is -1.59. The monoisotopic (exact) mass is 504 g/mol. The number of ether oxygens (including phenoxy) is 2. The van der Waals surface area contributed by atoms with E-state index in [0.717, 1.165) is 12.1 Å². The maximum absolute atomic E-state index is 14.2. The summed E-state index contributed by atoms with van der Waals surface area (Å²) in [6.45, 7) is 1.80. The van der Waals surface area contributed by atoms with E-state index < -0.39 is 24.5 Å². The summed E-state index contributed by atoms with van der Waals surface area (Å²) in [7, 11) is 2.90. The van der Waals surface area contributed by atoms with Crippen LogP contribution in [0, 0.1) is 6.92 Å². The van der Waals surface area contributed by atoms with Crippen molar-refractivity contribution in [2.75, 3.05) is 20.8 Å². The number of aryl methyl sites for hydroxylation is 1. The summed E-state index contributed by atoms with van der Waals surface area (Å²) in [5, 5.41) is 6.51. The first-order valence-corrected chi connectivity index (χ1v) is 10.5. The van der Waals surface area contributed by atoms with Crippen molar-refractivity contribution in [2.24, 2.45) is 5.16 Å². The van der Waals surface area contributed by atoms with Crippen LogP contribution in [0.1, 0.15) is 33.5 Å². The molecule has 33 heavy (non-hydrogen) atoms. The highest BCUT2D eigenvalue weighted by atomic mass is 35.5. The summed E-state index contributed by atoms with van der Waals surface area (Å²) in [6.07, 6.45) is -5.98. The van der Waals surface area contributed by atoms with Gasteiger partial charge in [0.25, 0.3) is 11.5 Å². The molecule has 2 aromatic rings. The van der Waals surface area contributed by atoms with Crippen LogP contribution in [-0.4, -0.2) is 44.8 Å². The number of carbonyl (C=O) groups excluding carboxylic acids is 1. The van der Waals surface area contributed by atoms with Crippen molar-refractivity contribution in [3.8, 4) is 0 Å². The van der Waals surface area contributed by atoms with E-state index in [1.807, 2.05) is 0 Å². The van der Waals surface area contributed by atoms with Crippen LogP contribution < -0.4 is 5.32 Å². The molecule has 3 rings (SSSR count). The normalized spacial score (nSPS) is 18.3. The van der Waals surface area contributed by atoms with Crippen LogP contribution in [0.25, 0.3) is 0 Å². The first-order chi connectivity index (χ1) is 15.5. The Kier molecular flexibility index (Phi) is 7.58. The first-order valence-electron chi connectivity index (χ1n) is 9.74. The van der Waals surface area contributed by atoms with Gasteiger partial charge in [0.15, 0.2) is 6.29 Å². The van der Waals surface area contributed by atoms with Gasteiger partial charge in [-0.05, 0) is 48.4 Å². The van der Waals surface area contributed by atoms with Crippen LogP contribution in [-0.2, 0) is 19.9 Å². The summed E-state index contributed by atoms with van der Waals surface area (Å²) >= 11 is 11.9. The fraction of sp³-hybridized carbons (Fsp3) is 0.364. The Morgan fingerprint density at radius 1 is 1.18 bits per heavy atom. The molecule has 2 aromatic carbocycles. The summed E-state index contributed by atoms with van der Waals surface area (Å²) in [5.74, 6) is -0.374. The molecule has 0 aliphatic carbocycles. The third-order valence-electron chi connectivity index (χ3n) is 5.27. The number of methoxy groups -OCH3 is 2. The molecule has 0 saturated carbocycles. The van der Waals surface area contributed by atoms with Gasteiger partial charge in [-0.1, -0.05) is 34.4 Å². The third-order valence-corrected chi connectivity index (χ3v) is 5.71. The van der Waals surface area contributed by atoms with Gasteiger partial charge < -0.3 is 19.6 Å². The minimum absolute atomic E-state index is 0.0496. The average molecular weight is 505 g/mol. The highest BCUT2D eigenvalue weighted by Gasteiger charge is 2.62. The quantitative estimate of drug-likeness (QED) is 0.524. The van der Waals surface area contributed by atoms with Crippen LogP contribution in [0.3, 0.4) is 0 Å². The van der Waals surface area contributed by atoms with E-state index in [0.29, 0.717) is 16.7 Å². The molecule has 1 aliphatic heterocycles. The van der Waals surface area contributed by atoms with E-state index in [4.69, 9.17) is 37.5 Å². The van der Waals surface area contributed by atoms with Crippen molar-refractivity contribution in [3.05, 3.63) is 68.7 Å². The highest BCUT2D eigenvalue weighted by molar-refractivity contribution is 6.34. The Morgan fingerprint density at radius 3 is 2.36 bits per heavy atom. The molecular formula is C22H21Cl2F3N2O4. The molecule has 1 N–H and O–H groups in total. The molecule has 178 valence electrons. The van der Waals surface area contributed by atoms with Crippen molar-refractivity contribution in [1.82, 2.24) is 5.32 Å². The van der Waals surface area contributed by atoms with Gasteiger partial charge in [0.1, 0.15) is 0 Å². The first kappa shape index (κ1) is 25.3. The number of rotatable bonds is 7. The molecule has 0 fully saturated rings. The van der Waals surface area contributed by atoms with E-state index in [-0.39, 0.29) is 33.8 Å². The van der Waals surface area contributed by atoms with Crippen LogP contribution in [0.2, 0.25) is 10.0 Å². The summed E-state index contributed by atoms with van der Waals surface area (Å²) < 4.78 is 52.5. The lowest BCUT2D eigenvalue weighted by Gasteiger charge is -2.29. The van der Waals surface area contributed by atoms with Crippen molar-refractivity contribution in [1.29, 1.82) is 0 Å². The predicted octanol–water partition coefficient (Wildman–Crippen LogP) is 5.23. The second-order valence-electron chi connectivity index (χ2n) is 7.43. The Bertz CT molecular complexity index is 1050. The zero-order valence-corrected chi connectivity index (χ0v) is 19.4. The van der Waals surface area contributed by atoms with Crippen LogP contribution in [0.4, 0.5) is 13.2 Å². The minimum atomic E-state index is -4.79. The third kappa shape index (κ3) is 5.27. The molecule has 0 saturated heterocycles. The van der Waals surface area contributed by atoms with Gasteiger partial charge in [-0.25, -0.2) is 0 Å². The molecular weight excluding hydrogens is 484 g/mol. The van der Waals surface area contributed by atoms with E-state index in [1.165, 1.54) is 32.4 Å². The van der Waals surface area contributed by atoms with Crippen LogP contribution in [0.5, 0.6) is 0 Å². The number of nitrogens with zero attached hydrogens (tertiary/aromatic N) is 1. The standard InChI is InChI=1S/C22H21Cl2F3N2O4/c1-12-6-13(4-5-17(12)20(30)28-11-19(31-2)32-3)18-10-21(33-29-18,22(25,26)27)14-7-15(23)9-16(24)8-14/h4-9,19H,10-11H2,1-3H3,(H,28,30). The number of alkyl halides is 3. The number of oxime groups is 1. The van der Waals surface area contributed by atoms with E-state index >= 15 is 0 Å². The average Bonchev–Trinajstić information content (AvgIpc) is 3.20. The van der Waals surface area contributed by atoms with Crippen LogP contribution >= 0.6 is 23.2 Å². The van der Waals surface area contributed by atoms with Gasteiger partial charge in [0, 0.05) is 41.8 Å². The zero-order chi connectivity index (χ0) is 24.4. The van der Waals surface area contributed by atoms with Gasteiger partial charge in [0.2, 0.25) is 0 Å². The molecule has 11 heteroatoms. The molecule has 0 radical (unpaired) electrons. The van der Waals surface area contributed by atoms with Gasteiger partial charge in [-0.3, -0.25) is 4.79 Å². The maximum atomic E-state index is 14.2. The predicted molar refractivity (Wildman–Crippen MR) is 118 cm³/mol. The van der Waals surface area contributed by atoms with Gasteiger partial charge in [-0.15, -0.1) is 0 Å². The largest absolute Gasteiger partial charge is 0.435 e. The van der Waals surface area contributed by atoms with E-state index in [2.05, 4.69) is 10.5 Å². The second kappa shape index (κ2) is 9.89. The number of nitrogens with one attached hydrogen (secondary N) is 1. The fourth-order valence-electron chi connectivity index (χ4n) is 3.48. The van der Waals surface area contributed by atoms with Crippen molar-refractivity contribution in [3.63, 3.8) is 0 Å². The number of hydrogen-bond donors (Lipinski definition) is 1. The Morgan fingerprint density at radius 2 is 1.82 bits per heavy atom. The zero-order valence-electron chi connectivity index (χ0n) is 17.9. The molecule has 6 nitrogen and oxygen atoms in total. The SMILES string of the molecule is COC(CNC(=O)c1ccc(C2=NOC(c3cc(Cl)cc(Cl)c3)(C(F)(F)F)C2)cc1C)OC. The molecule has 0 aromatic heterocycles. The molecule has 1 aliphatic rings. The maximum Gasteiger partial charge on any atom is 0.435 e. The molecule has 1 heterocycles. The lowest BCUT2D eigenvalue weighted by atomic mass is 9.86. The van der Waals surface area contributed by atoms with Crippen molar-refractivity contribution in [2.45, 2.75) is 31.4 Å². The Labute approximate surface area is 198 Å². The van der Waals surface area contributed by atoms with Gasteiger partial charge in [-0.2, -0.15) is 13.2 Å². The number of halogens is 5. The number of hydrogen-bond acceptors (Lipinski definition) is 5.